The molecule has 3 rings (SSSR count). The van der Waals surface area contributed by atoms with Crippen LogP contribution in [0.1, 0.15) is 20.8 Å². The van der Waals surface area contributed by atoms with Gasteiger partial charge in [-0.15, -0.1) is 11.3 Å². The minimum Gasteiger partial charge on any atom is -0.451 e. The summed E-state index contributed by atoms with van der Waals surface area (Å²) in [5, 5.41) is 5.19. The van der Waals surface area contributed by atoms with E-state index < -0.39 is 5.97 Å². The topological polar surface area (TPSA) is 55.4 Å². The van der Waals surface area contributed by atoms with E-state index in [0.29, 0.717) is 16.4 Å². The highest BCUT2D eigenvalue weighted by Crippen LogP contribution is 2.29. The first-order valence-corrected chi connectivity index (χ1v) is 9.61. The maximum absolute atomic E-state index is 12.4. The fourth-order valence-corrected chi connectivity index (χ4v) is 3.41. The Bertz CT molecular complexity index is 933. The summed E-state index contributed by atoms with van der Waals surface area (Å²) in [4.78, 5) is 24.8. The molecule has 0 unspecified atom stereocenters. The maximum Gasteiger partial charge on any atom is 0.349 e. The molecule has 0 fully saturated rings. The van der Waals surface area contributed by atoms with Crippen molar-refractivity contribution in [2.24, 2.45) is 0 Å². The van der Waals surface area contributed by atoms with Gasteiger partial charge in [-0.3, -0.25) is 4.79 Å². The molecule has 1 aromatic heterocycles. The summed E-state index contributed by atoms with van der Waals surface area (Å²) >= 11 is 7.13. The van der Waals surface area contributed by atoms with Gasteiger partial charge in [-0.1, -0.05) is 53.6 Å². The molecular formula is C21H18ClNO3S. The van der Waals surface area contributed by atoms with E-state index >= 15 is 0 Å². The van der Waals surface area contributed by atoms with E-state index in [1.54, 1.807) is 12.1 Å². The number of ether oxygens (including phenoxy) is 1. The number of amides is 1. The molecule has 0 radical (unpaired) electrons. The summed E-state index contributed by atoms with van der Waals surface area (Å²) in [6, 6.07) is 17.0. The molecule has 3 aromatic rings. The predicted octanol–water partition coefficient (Wildman–Crippen LogP) is 4.85. The number of thiophene rings is 1. The number of halogens is 1. The average molecular weight is 400 g/mol. The van der Waals surface area contributed by atoms with Gasteiger partial charge in [-0.05, 0) is 41.6 Å². The Balaban J connectivity index is 1.55. The number of aryl methyl sites for hydroxylation is 1. The molecule has 4 nitrogen and oxygen atoms in total. The molecule has 1 N–H and O–H groups in total. The van der Waals surface area contributed by atoms with E-state index in [2.05, 4.69) is 5.32 Å². The molecule has 0 saturated carbocycles. The Hall–Kier alpha value is -2.63. The number of hydrogen-bond acceptors (Lipinski definition) is 4. The first kappa shape index (κ1) is 19.1. The molecule has 6 heteroatoms. The van der Waals surface area contributed by atoms with Gasteiger partial charge in [-0.25, -0.2) is 4.79 Å². The third kappa shape index (κ3) is 5.18. The minimum absolute atomic E-state index is 0.322. The van der Waals surface area contributed by atoms with Crippen molar-refractivity contribution in [2.75, 3.05) is 6.61 Å². The molecule has 0 spiro atoms. The molecule has 0 saturated heterocycles. The molecule has 0 bridgehead atoms. The highest BCUT2D eigenvalue weighted by atomic mass is 35.5. The lowest BCUT2D eigenvalue weighted by atomic mass is 10.1. The van der Waals surface area contributed by atoms with Gasteiger partial charge in [0.2, 0.25) is 0 Å². The second-order valence-electron chi connectivity index (χ2n) is 6.01. The Kier molecular flexibility index (Phi) is 6.27. The lowest BCUT2D eigenvalue weighted by Gasteiger charge is -2.08. The molecule has 138 valence electrons. The van der Waals surface area contributed by atoms with E-state index in [1.807, 2.05) is 54.8 Å². The van der Waals surface area contributed by atoms with Crippen molar-refractivity contribution >= 4 is 34.8 Å². The number of carbonyl (C=O) groups excluding carboxylic acids is 2. The molecule has 2 aromatic carbocycles. The standard InChI is InChI=1S/C21H18ClNO3S/c1-14-2-6-16(7-3-14)18-10-11-27-20(18)21(25)26-13-19(24)23-12-15-4-8-17(22)9-5-15/h2-11H,12-13H2,1H3,(H,23,24). The van der Waals surface area contributed by atoms with Crippen LogP contribution >= 0.6 is 22.9 Å². The number of esters is 1. The molecule has 0 aliphatic carbocycles. The Labute approximate surface area is 166 Å². The van der Waals surface area contributed by atoms with Crippen LogP contribution in [-0.4, -0.2) is 18.5 Å². The number of benzene rings is 2. The van der Waals surface area contributed by atoms with Crippen molar-refractivity contribution in [3.63, 3.8) is 0 Å². The fourth-order valence-electron chi connectivity index (χ4n) is 2.48. The lowest BCUT2D eigenvalue weighted by Crippen LogP contribution is -2.28. The highest BCUT2D eigenvalue weighted by Gasteiger charge is 2.17. The molecule has 0 aliphatic heterocycles. The van der Waals surface area contributed by atoms with Crippen LogP contribution in [0.4, 0.5) is 0 Å². The number of rotatable bonds is 6. The van der Waals surface area contributed by atoms with Crippen molar-refractivity contribution in [3.05, 3.63) is 81.0 Å². The van der Waals surface area contributed by atoms with Crippen LogP contribution in [0.3, 0.4) is 0 Å². The second kappa shape index (κ2) is 8.84. The van der Waals surface area contributed by atoms with Crippen molar-refractivity contribution < 1.29 is 14.3 Å². The van der Waals surface area contributed by atoms with Gasteiger partial charge in [0, 0.05) is 17.1 Å². The monoisotopic (exact) mass is 399 g/mol. The van der Waals surface area contributed by atoms with Crippen molar-refractivity contribution in [2.45, 2.75) is 13.5 Å². The zero-order valence-corrected chi connectivity index (χ0v) is 16.3. The highest BCUT2D eigenvalue weighted by molar-refractivity contribution is 7.12. The number of nitrogens with one attached hydrogen (secondary N) is 1. The largest absolute Gasteiger partial charge is 0.451 e. The Morgan fingerprint density at radius 3 is 2.44 bits per heavy atom. The van der Waals surface area contributed by atoms with Crippen LogP contribution < -0.4 is 5.32 Å². The summed E-state index contributed by atoms with van der Waals surface area (Å²) in [5.41, 5.74) is 3.82. The minimum atomic E-state index is -0.498. The summed E-state index contributed by atoms with van der Waals surface area (Å²) in [6.45, 7) is 2.04. The molecule has 1 amide bonds. The SMILES string of the molecule is Cc1ccc(-c2ccsc2C(=O)OCC(=O)NCc2ccc(Cl)cc2)cc1. The van der Waals surface area contributed by atoms with Crippen molar-refractivity contribution in [1.29, 1.82) is 0 Å². The maximum atomic E-state index is 12.4. The van der Waals surface area contributed by atoms with Gasteiger partial charge in [-0.2, -0.15) is 0 Å². The van der Waals surface area contributed by atoms with E-state index in [0.717, 1.165) is 22.3 Å². The van der Waals surface area contributed by atoms with Gasteiger partial charge in [0.25, 0.3) is 5.91 Å². The first-order chi connectivity index (χ1) is 13.0. The molecule has 1 heterocycles. The summed E-state index contributed by atoms with van der Waals surface area (Å²) in [5.74, 6) is -0.853. The van der Waals surface area contributed by atoms with E-state index in [1.165, 1.54) is 11.3 Å². The van der Waals surface area contributed by atoms with Gasteiger partial charge >= 0.3 is 5.97 Å². The lowest BCUT2D eigenvalue weighted by molar-refractivity contribution is -0.124. The van der Waals surface area contributed by atoms with Crippen molar-refractivity contribution in [1.82, 2.24) is 5.32 Å². The van der Waals surface area contributed by atoms with Crippen LogP contribution in [0.2, 0.25) is 5.02 Å². The quantitative estimate of drug-likeness (QED) is 0.603. The van der Waals surface area contributed by atoms with E-state index in [4.69, 9.17) is 16.3 Å². The second-order valence-corrected chi connectivity index (χ2v) is 7.36. The zero-order valence-electron chi connectivity index (χ0n) is 14.7. The summed E-state index contributed by atoms with van der Waals surface area (Å²) in [7, 11) is 0. The zero-order chi connectivity index (χ0) is 19.2. The molecule has 0 aliphatic rings. The number of hydrogen-bond donors (Lipinski definition) is 1. The normalized spacial score (nSPS) is 10.4. The summed E-state index contributed by atoms with van der Waals surface area (Å²) in [6.07, 6.45) is 0. The van der Waals surface area contributed by atoms with Crippen LogP contribution in [0.15, 0.2) is 60.0 Å². The van der Waals surface area contributed by atoms with Crippen LogP contribution in [0, 0.1) is 6.92 Å². The predicted molar refractivity (Wildman–Crippen MR) is 108 cm³/mol. The Morgan fingerprint density at radius 1 is 1.04 bits per heavy atom. The third-order valence-corrected chi connectivity index (χ3v) is 5.10. The van der Waals surface area contributed by atoms with Gasteiger partial charge in [0.05, 0.1) is 0 Å². The first-order valence-electron chi connectivity index (χ1n) is 8.36. The smallest absolute Gasteiger partial charge is 0.349 e. The third-order valence-electron chi connectivity index (χ3n) is 3.95. The van der Waals surface area contributed by atoms with Crippen LogP contribution in [0.5, 0.6) is 0 Å². The molecule has 27 heavy (non-hydrogen) atoms. The van der Waals surface area contributed by atoms with Crippen LogP contribution in [0.25, 0.3) is 11.1 Å². The van der Waals surface area contributed by atoms with E-state index in [-0.39, 0.29) is 12.5 Å². The van der Waals surface area contributed by atoms with Gasteiger partial charge in [0.1, 0.15) is 4.88 Å². The molecular weight excluding hydrogens is 382 g/mol. The Morgan fingerprint density at radius 2 is 1.74 bits per heavy atom. The van der Waals surface area contributed by atoms with E-state index in [9.17, 15) is 9.59 Å². The fraction of sp³-hybridized carbons (Fsp3) is 0.143. The van der Waals surface area contributed by atoms with Gasteiger partial charge < -0.3 is 10.1 Å². The molecule has 0 atom stereocenters. The average Bonchev–Trinajstić information content (AvgIpc) is 3.16. The van der Waals surface area contributed by atoms with Gasteiger partial charge in [0.15, 0.2) is 6.61 Å². The number of carbonyl (C=O) groups is 2. The van der Waals surface area contributed by atoms with Crippen molar-refractivity contribution in [3.8, 4) is 11.1 Å². The van der Waals surface area contributed by atoms with Crippen LogP contribution in [-0.2, 0) is 16.1 Å². The summed E-state index contributed by atoms with van der Waals surface area (Å²) < 4.78 is 5.18.